The van der Waals surface area contributed by atoms with Gasteiger partial charge in [-0.05, 0) is 25.3 Å². The molecule has 0 saturated carbocycles. The number of aryl methyl sites for hydroxylation is 2. The minimum Gasteiger partial charge on any atom is -0.386 e. The molecule has 1 rings (SSSR count). The maximum Gasteiger partial charge on any atom is 0.100 e. The summed E-state index contributed by atoms with van der Waals surface area (Å²) < 4.78 is 1.87. The molecule has 14 heavy (non-hydrogen) atoms. The lowest BCUT2D eigenvalue weighted by Gasteiger charge is -2.26. The van der Waals surface area contributed by atoms with Crippen molar-refractivity contribution in [3.8, 4) is 0 Å². The molecule has 0 aliphatic heterocycles. The summed E-state index contributed by atoms with van der Waals surface area (Å²) >= 11 is 0. The largest absolute Gasteiger partial charge is 0.386 e. The van der Waals surface area contributed by atoms with Crippen LogP contribution in [0.4, 0.5) is 0 Å². The lowest BCUT2D eigenvalue weighted by atomic mass is 9.87. The van der Waals surface area contributed by atoms with Gasteiger partial charge in [0, 0.05) is 6.54 Å². The van der Waals surface area contributed by atoms with Crippen LogP contribution >= 0.6 is 0 Å². The minimum atomic E-state index is -0.455. The van der Waals surface area contributed by atoms with Gasteiger partial charge in [0.05, 0.1) is 11.4 Å². The van der Waals surface area contributed by atoms with E-state index in [2.05, 4.69) is 5.10 Å². The SMILES string of the molecule is CCn1nc(C)cc1C(O)C(C)(C)C. The van der Waals surface area contributed by atoms with Gasteiger partial charge in [0.15, 0.2) is 0 Å². The molecule has 0 aromatic carbocycles. The van der Waals surface area contributed by atoms with E-state index in [4.69, 9.17) is 0 Å². The second-order valence-electron chi connectivity index (χ2n) is 4.79. The van der Waals surface area contributed by atoms with Gasteiger partial charge in [-0.2, -0.15) is 5.10 Å². The average Bonchev–Trinajstić information content (AvgIpc) is 2.43. The summed E-state index contributed by atoms with van der Waals surface area (Å²) in [7, 11) is 0. The molecule has 1 N–H and O–H groups in total. The van der Waals surface area contributed by atoms with Crippen LogP contribution in [-0.2, 0) is 6.54 Å². The standard InChI is InChI=1S/C11H20N2O/c1-6-13-9(7-8(2)12-13)10(14)11(3,4)5/h7,10,14H,6H2,1-5H3. The maximum atomic E-state index is 10.1. The third-order valence-corrected chi connectivity index (χ3v) is 2.33. The first-order chi connectivity index (χ1) is 6.36. The maximum absolute atomic E-state index is 10.1. The van der Waals surface area contributed by atoms with E-state index in [0.29, 0.717) is 0 Å². The Morgan fingerprint density at radius 1 is 1.50 bits per heavy atom. The zero-order chi connectivity index (χ0) is 10.9. The number of nitrogens with zero attached hydrogens (tertiary/aromatic N) is 2. The van der Waals surface area contributed by atoms with Gasteiger partial charge < -0.3 is 5.11 Å². The summed E-state index contributed by atoms with van der Waals surface area (Å²) in [5, 5.41) is 14.4. The van der Waals surface area contributed by atoms with Crippen molar-refractivity contribution in [2.75, 3.05) is 0 Å². The Balaban J connectivity index is 3.05. The predicted molar refractivity (Wildman–Crippen MR) is 57.1 cm³/mol. The number of hydrogen-bond donors (Lipinski definition) is 1. The Morgan fingerprint density at radius 3 is 2.50 bits per heavy atom. The van der Waals surface area contributed by atoms with Crippen LogP contribution < -0.4 is 0 Å². The molecule has 0 bridgehead atoms. The van der Waals surface area contributed by atoms with Gasteiger partial charge in [0.25, 0.3) is 0 Å². The summed E-state index contributed by atoms with van der Waals surface area (Å²) in [4.78, 5) is 0. The van der Waals surface area contributed by atoms with Crippen molar-refractivity contribution in [2.45, 2.75) is 47.3 Å². The third-order valence-electron chi connectivity index (χ3n) is 2.33. The fourth-order valence-electron chi connectivity index (χ4n) is 1.48. The van der Waals surface area contributed by atoms with E-state index in [1.165, 1.54) is 0 Å². The summed E-state index contributed by atoms with van der Waals surface area (Å²) in [5.41, 5.74) is 1.74. The lowest BCUT2D eigenvalue weighted by Crippen LogP contribution is -2.21. The van der Waals surface area contributed by atoms with Gasteiger partial charge in [0.2, 0.25) is 0 Å². The van der Waals surface area contributed by atoms with E-state index in [-0.39, 0.29) is 5.41 Å². The highest BCUT2D eigenvalue weighted by Gasteiger charge is 2.26. The fourth-order valence-corrected chi connectivity index (χ4v) is 1.48. The monoisotopic (exact) mass is 196 g/mol. The van der Waals surface area contributed by atoms with Crippen LogP contribution in [0, 0.1) is 12.3 Å². The topological polar surface area (TPSA) is 38.0 Å². The molecule has 80 valence electrons. The van der Waals surface area contributed by atoms with E-state index in [1.54, 1.807) is 0 Å². The van der Waals surface area contributed by atoms with E-state index >= 15 is 0 Å². The van der Waals surface area contributed by atoms with Gasteiger partial charge in [0.1, 0.15) is 6.10 Å². The van der Waals surface area contributed by atoms with Gasteiger partial charge in [-0.3, -0.25) is 4.68 Å². The summed E-state index contributed by atoms with van der Waals surface area (Å²) in [6.07, 6.45) is -0.455. The average molecular weight is 196 g/mol. The number of rotatable bonds is 2. The molecular formula is C11H20N2O. The first-order valence-corrected chi connectivity index (χ1v) is 5.08. The number of aliphatic hydroxyl groups excluding tert-OH is 1. The molecule has 0 aliphatic rings. The number of aliphatic hydroxyl groups is 1. The van der Waals surface area contributed by atoms with Crippen LogP contribution in [0.2, 0.25) is 0 Å². The molecule has 0 aliphatic carbocycles. The zero-order valence-corrected chi connectivity index (χ0v) is 9.70. The normalized spacial score (nSPS) is 14.4. The summed E-state index contributed by atoms with van der Waals surface area (Å²) in [6, 6.07) is 1.96. The highest BCUT2D eigenvalue weighted by molar-refractivity contribution is 5.13. The first kappa shape index (κ1) is 11.2. The molecule has 0 radical (unpaired) electrons. The van der Waals surface area contributed by atoms with Gasteiger partial charge in [-0.1, -0.05) is 20.8 Å². The molecule has 1 aromatic rings. The van der Waals surface area contributed by atoms with Crippen LogP contribution in [0.5, 0.6) is 0 Å². The van der Waals surface area contributed by atoms with Gasteiger partial charge >= 0.3 is 0 Å². The minimum absolute atomic E-state index is 0.139. The Kier molecular flexibility index (Phi) is 3.00. The Hall–Kier alpha value is -0.830. The summed E-state index contributed by atoms with van der Waals surface area (Å²) in [6.45, 7) is 10.9. The van der Waals surface area contributed by atoms with Crippen LogP contribution in [-0.4, -0.2) is 14.9 Å². The molecule has 3 nitrogen and oxygen atoms in total. The molecule has 0 spiro atoms. The molecule has 1 atom stereocenters. The van der Waals surface area contributed by atoms with Crippen molar-refractivity contribution in [3.63, 3.8) is 0 Å². The van der Waals surface area contributed by atoms with Gasteiger partial charge in [-0.25, -0.2) is 0 Å². The molecule has 1 unspecified atom stereocenters. The van der Waals surface area contributed by atoms with Crippen molar-refractivity contribution < 1.29 is 5.11 Å². The third kappa shape index (κ3) is 2.15. The number of aromatic nitrogens is 2. The first-order valence-electron chi connectivity index (χ1n) is 5.08. The molecule has 0 saturated heterocycles. The highest BCUT2D eigenvalue weighted by atomic mass is 16.3. The quantitative estimate of drug-likeness (QED) is 0.788. The molecule has 0 amide bonds. The second kappa shape index (κ2) is 3.73. The molecule has 0 fully saturated rings. The second-order valence-corrected chi connectivity index (χ2v) is 4.79. The van der Waals surface area contributed by atoms with Crippen molar-refractivity contribution in [2.24, 2.45) is 5.41 Å². The van der Waals surface area contributed by atoms with Crippen LogP contribution in [0.3, 0.4) is 0 Å². The fraction of sp³-hybridized carbons (Fsp3) is 0.727. The smallest absolute Gasteiger partial charge is 0.100 e. The van der Waals surface area contributed by atoms with Crippen LogP contribution in [0.15, 0.2) is 6.07 Å². The molecule has 1 heterocycles. The van der Waals surface area contributed by atoms with E-state index < -0.39 is 6.10 Å². The van der Waals surface area contributed by atoms with Crippen molar-refractivity contribution in [1.29, 1.82) is 0 Å². The molecule has 3 heteroatoms. The Morgan fingerprint density at radius 2 is 2.07 bits per heavy atom. The highest BCUT2D eigenvalue weighted by Crippen LogP contribution is 2.32. The number of hydrogen-bond acceptors (Lipinski definition) is 2. The molecular weight excluding hydrogens is 176 g/mol. The van der Waals surface area contributed by atoms with Gasteiger partial charge in [-0.15, -0.1) is 0 Å². The Bertz CT molecular complexity index is 310. The van der Waals surface area contributed by atoms with Crippen molar-refractivity contribution >= 4 is 0 Å². The van der Waals surface area contributed by atoms with Crippen LogP contribution in [0.25, 0.3) is 0 Å². The molecule has 1 aromatic heterocycles. The van der Waals surface area contributed by atoms with E-state index in [9.17, 15) is 5.11 Å². The Labute approximate surface area is 85.8 Å². The lowest BCUT2D eigenvalue weighted by molar-refractivity contribution is 0.0547. The van der Waals surface area contributed by atoms with Crippen LogP contribution in [0.1, 0.15) is 45.2 Å². The van der Waals surface area contributed by atoms with Crippen molar-refractivity contribution in [1.82, 2.24) is 9.78 Å². The van der Waals surface area contributed by atoms with E-state index in [1.807, 2.05) is 45.4 Å². The van der Waals surface area contributed by atoms with Crippen molar-refractivity contribution in [3.05, 3.63) is 17.5 Å². The van der Waals surface area contributed by atoms with E-state index in [0.717, 1.165) is 17.9 Å². The predicted octanol–water partition coefficient (Wildman–Crippen LogP) is 2.29. The zero-order valence-electron chi connectivity index (χ0n) is 9.70. The summed E-state index contributed by atoms with van der Waals surface area (Å²) in [5.74, 6) is 0.